The Hall–Kier alpha value is -8.13. The fourth-order valence-electron chi connectivity index (χ4n) is 12.3. The summed E-state index contributed by atoms with van der Waals surface area (Å²) in [7, 11) is 0. The van der Waals surface area contributed by atoms with Crippen LogP contribution < -0.4 is 0 Å². The smallest absolute Gasteiger partial charge is 0.104 e. The van der Waals surface area contributed by atoms with Crippen LogP contribution in [0.3, 0.4) is 0 Å². The van der Waals surface area contributed by atoms with Gasteiger partial charge in [0, 0.05) is 43.4 Å². The molecule has 0 fully saturated rings. The first-order valence-electron chi connectivity index (χ1n) is 28.1. The molecule has 0 aliphatic rings. The lowest BCUT2D eigenvalue weighted by atomic mass is 9.88. The van der Waals surface area contributed by atoms with E-state index in [0.717, 1.165) is 72.4 Å². The third kappa shape index (κ3) is 8.00. The van der Waals surface area contributed by atoms with E-state index in [-0.39, 0.29) is 0 Å². The fraction of sp³-hybridized carbons (Fsp3) is 0.247. The van der Waals surface area contributed by atoms with Gasteiger partial charge < -0.3 is 13.7 Å². The van der Waals surface area contributed by atoms with Crippen LogP contribution in [0.15, 0.2) is 170 Å². The molecule has 4 nitrogen and oxygen atoms in total. The van der Waals surface area contributed by atoms with Crippen LogP contribution in [0, 0.1) is 11.3 Å². The molecule has 3 heterocycles. The molecule has 0 radical (unpaired) electrons. The van der Waals surface area contributed by atoms with Gasteiger partial charge in [-0.05, 0) is 153 Å². The Bertz CT molecular complexity index is 3930. The van der Waals surface area contributed by atoms with E-state index >= 15 is 0 Å². The van der Waals surface area contributed by atoms with Gasteiger partial charge in [-0.1, -0.05) is 180 Å². The first-order chi connectivity index (χ1) is 37.1. The lowest BCUT2D eigenvalue weighted by molar-refractivity contribution is 0.868. The zero-order valence-electron chi connectivity index (χ0n) is 46.9. The maximum atomic E-state index is 12.7. The Kier molecular flexibility index (Phi) is 12.4. The van der Waals surface area contributed by atoms with Crippen LogP contribution in [-0.4, -0.2) is 13.7 Å². The van der Waals surface area contributed by atoms with Gasteiger partial charge in [0.05, 0.1) is 50.2 Å². The monoisotopic (exact) mass is 1000 g/mol. The number of fused-ring (bicyclic) bond motifs is 9. The molecular weight excluding hydrogens is 933 g/mol. The van der Waals surface area contributed by atoms with Crippen molar-refractivity contribution in [2.75, 3.05) is 0 Å². The van der Waals surface area contributed by atoms with Gasteiger partial charge in [0.15, 0.2) is 0 Å². The zero-order valence-corrected chi connectivity index (χ0v) is 46.9. The van der Waals surface area contributed by atoms with Crippen molar-refractivity contribution in [2.24, 2.45) is 0 Å². The van der Waals surface area contributed by atoms with Crippen molar-refractivity contribution in [3.05, 3.63) is 209 Å². The molecule has 0 aliphatic heterocycles. The summed E-state index contributed by atoms with van der Waals surface area (Å²) in [5.41, 5.74) is 21.7. The normalized spacial score (nSPS) is 12.3. The molecular formula is C73H70N4. The highest BCUT2D eigenvalue weighted by molar-refractivity contribution is 6.16. The average molecular weight is 1000 g/mol. The third-order valence-electron chi connectivity index (χ3n) is 16.8. The predicted octanol–water partition coefficient (Wildman–Crippen LogP) is 20.9. The first kappa shape index (κ1) is 49.7. The number of aromatic nitrogens is 3. The van der Waals surface area contributed by atoms with Crippen molar-refractivity contribution >= 4 is 65.4 Å². The van der Waals surface area contributed by atoms with Crippen molar-refractivity contribution in [3.63, 3.8) is 0 Å². The van der Waals surface area contributed by atoms with Crippen molar-refractivity contribution in [1.29, 1.82) is 5.26 Å². The number of hydrogen-bond donors (Lipinski definition) is 0. The number of nitriles is 1. The standard InChI is InChI=1S/C73H70N4/c1-42(2)50-23-29-63-56(35-50)57-36-51(43(3)4)24-30-64(57)75(63)71-62(41-74)72(76-65-31-25-52(44(5)6)37-58(65)59-38-53(45(7)8)26-32-66(59)76)70(49-21-17-14-18-22-49)73(69(71)48-19-15-13-16-20-48)77-67-33-27-54(46(9)10)39-60(67)61-40-55(47(11)12)28-34-68(61)77/h13-40,42-47H,1-12H3. The maximum absolute atomic E-state index is 12.7. The van der Waals surface area contributed by atoms with Crippen LogP contribution in [0.1, 0.15) is 158 Å². The Balaban J connectivity index is 1.42. The molecule has 382 valence electrons. The Labute approximate surface area is 454 Å². The molecule has 0 atom stereocenters. The third-order valence-corrected chi connectivity index (χ3v) is 16.8. The zero-order chi connectivity index (χ0) is 53.7. The van der Waals surface area contributed by atoms with E-state index < -0.39 is 0 Å². The lowest BCUT2D eigenvalue weighted by Gasteiger charge is -2.29. The summed E-state index contributed by atoms with van der Waals surface area (Å²) in [5, 5.41) is 19.9. The second-order valence-electron chi connectivity index (χ2n) is 23.6. The number of benzene rings is 9. The molecule has 0 amide bonds. The van der Waals surface area contributed by atoms with E-state index in [4.69, 9.17) is 0 Å². The van der Waals surface area contributed by atoms with E-state index in [9.17, 15) is 5.26 Å². The van der Waals surface area contributed by atoms with Crippen molar-refractivity contribution in [1.82, 2.24) is 13.7 Å². The van der Waals surface area contributed by atoms with Gasteiger partial charge >= 0.3 is 0 Å². The summed E-state index contributed by atoms with van der Waals surface area (Å²) in [6.07, 6.45) is 0. The van der Waals surface area contributed by atoms with Crippen LogP contribution in [0.2, 0.25) is 0 Å². The molecule has 12 aromatic rings. The molecule has 0 spiro atoms. The Morgan fingerprint density at radius 1 is 0.286 bits per heavy atom. The molecule has 9 aromatic carbocycles. The van der Waals surface area contributed by atoms with Crippen molar-refractivity contribution in [2.45, 2.75) is 119 Å². The molecule has 0 unspecified atom stereocenters. The minimum atomic E-state index is 0.328. The van der Waals surface area contributed by atoms with Gasteiger partial charge in [0.25, 0.3) is 0 Å². The molecule has 12 rings (SSSR count). The van der Waals surface area contributed by atoms with Crippen LogP contribution >= 0.6 is 0 Å². The van der Waals surface area contributed by atoms with Crippen molar-refractivity contribution in [3.8, 4) is 45.4 Å². The second-order valence-corrected chi connectivity index (χ2v) is 23.6. The van der Waals surface area contributed by atoms with Gasteiger partial charge in [-0.3, -0.25) is 0 Å². The van der Waals surface area contributed by atoms with Crippen LogP contribution in [0.25, 0.3) is 105 Å². The van der Waals surface area contributed by atoms with Gasteiger partial charge in [0.1, 0.15) is 11.6 Å². The summed E-state index contributed by atoms with van der Waals surface area (Å²) in [5.74, 6) is 1.99. The number of nitrogens with zero attached hydrogens (tertiary/aromatic N) is 4. The van der Waals surface area contributed by atoms with Gasteiger partial charge in [0.2, 0.25) is 0 Å². The van der Waals surface area contributed by atoms with E-state index in [1.54, 1.807) is 0 Å². The molecule has 0 bridgehead atoms. The van der Waals surface area contributed by atoms with E-state index in [1.807, 2.05) is 0 Å². The summed E-state index contributed by atoms with van der Waals surface area (Å²) < 4.78 is 7.50. The molecule has 0 N–H and O–H groups in total. The highest BCUT2D eigenvalue weighted by Gasteiger charge is 2.34. The van der Waals surface area contributed by atoms with Gasteiger partial charge in [-0.2, -0.15) is 5.26 Å². The molecule has 0 saturated heterocycles. The summed E-state index contributed by atoms with van der Waals surface area (Å²) in [6, 6.07) is 67.3. The molecule has 3 aromatic heterocycles. The summed E-state index contributed by atoms with van der Waals surface area (Å²) in [4.78, 5) is 0. The van der Waals surface area contributed by atoms with E-state index in [1.165, 1.54) is 65.7 Å². The van der Waals surface area contributed by atoms with E-state index in [2.05, 4.69) is 273 Å². The van der Waals surface area contributed by atoms with Crippen LogP contribution in [0.5, 0.6) is 0 Å². The maximum Gasteiger partial charge on any atom is 0.104 e. The second kappa shape index (κ2) is 19.2. The topological polar surface area (TPSA) is 38.6 Å². The highest BCUT2D eigenvalue weighted by atomic mass is 15.1. The Morgan fingerprint density at radius 2 is 0.506 bits per heavy atom. The number of hydrogen-bond acceptors (Lipinski definition) is 1. The average Bonchev–Trinajstić information content (AvgIpc) is 4.11. The minimum Gasteiger partial charge on any atom is -0.308 e. The predicted molar refractivity (Wildman–Crippen MR) is 330 cm³/mol. The van der Waals surface area contributed by atoms with Gasteiger partial charge in [-0.15, -0.1) is 0 Å². The molecule has 4 heteroatoms. The van der Waals surface area contributed by atoms with E-state index in [0.29, 0.717) is 41.1 Å². The molecule has 0 saturated carbocycles. The van der Waals surface area contributed by atoms with Crippen molar-refractivity contribution < 1.29 is 0 Å². The number of rotatable bonds is 11. The fourth-order valence-corrected chi connectivity index (χ4v) is 12.3. The first-order valence-corrected chi connectivity index (χ1v) is 28.1. The largest absolute Gasteiger partial charge is 0.308 e. The Morgan fingerprint density at radius 3 is 0.714 bits per heavy atom. The molecule has 77 heavy (non-hydrogen) atoms. The molecule has 0 aliphatic carbocycles. The SMILES string of the molecule is CC(C)c1ccc2c(c1)c1cc(C(C)C)ccc1n2-c1c(C#N)c(-n2c3ccc(C(C)C)cc3c3cc(C(C)C)ccc32)c(-c2ccccc2)c(-n2c3ccc(C(C)C)cc3c3cc(C(C)C)ccc32)c1-c1ccccc1. The van der Waals surface area contributed by atoms with Crippen LogP contribution in [-0.2, 0) is 0 Å². The lowest BCUT2D eigenvalue weighted by Crippen LogP contribution is -2.13. The quantitative estimate of drug-likeness (QED) is 0.127. The van der Waals surface area contributed by atoms with Crippen LogP contribution in [0.4, 0.5) is 0 Å². The minimum absolute atomic E-state index is 0.328. The summed E-state index contributed by atoms with van der Waals surface area (Å²) >= 11 is 0. The van der Waals surface area contributed by atoms with Gasteiger partial charge in [-0.25, -0.2) is 0 Å². The summed E-state index contributed by atoms with van der Waals surface area (Å²) in [6.45, 7) is 27.4. The highest BCUT2D eigenvalue weighted by Crippen LogP contribution is 2.53.